The first-order chi connectivity index (χ1) is 11.4. The molecule has 24 heavy (non-hydrogen) atoms. The van der Waals surface area contributed by atoms with Crippen molar-refractivity contribution in [1.82, 2.24) is 15.5 Å². The van der Waals surface area contributed by atoms with Gasteiger partial charge in [0.05, 0.1) is 18.7 Å². The predicted molar refractivity (Wildman–Crippen MR) is 100.0 cm³/mol. The van der Waals surface area contributed by atoms with Crippen LogP contribution in [0.5, 0.6) is 5.75 Å². The lowest BCUT2D eigenvalue weighted by Crippen LogP contribution is -2.47. The first kappa shape index (κ1) is 18.3. The highest BCUT2D eigenvalue weighted by Gasteiger charge is 2.31. The molecule has 0 radical (unpaired) electrons. The number of carbonyl (C=O) groups is 1. The van der Waals surface area contributed by atoms with E-state index in [0.717, 1.165) is 22.6 Å². The molecular weight excluding hydrogens is 322 g/mol. The lowest BCUT2D eigenvalue weighted by molar-refractivity contribution is -0.127. The van der Waals surface area contributed by atoms with Crippen LogP contribution in [0.3, 0.4) is 0 Å². The highest BCUT2D eigenvalue weighted by molar-refractivity contribution is 7.80. The third-order valence-electron chi connectivity index (χ3n) is 4.30. The number of nitrogens with zero attached hydrogens (tertiary/aromatic N) is 1. The van der Waals surface area contributed by atoms with Crippen LogP contribution < -0.4 is 15.4 Å². The van der Waals surface area contributed by atoms with Crippen molar-refractivity contribution in [2.45, 2.75) is 33.7 Å². The average molecular weight is 347 g/mol. The predicted octanol–water partition coefficient (Wildman–Crippen LogP) is 2.66. The molecule has 1 amide bonds. The van der Waals surface area contributed by atoms with Crippen molar-refractivity contribution >= 4 is 23.2 Å². The molecule has 0 saturated heterocycles. The number of thiocarbonyl (C=S) groups is 1. The average Bonchev–Trinajstić information content (AvgIpc) is 2.55. The van der Waals surface area contributed by atoms with Gasteiger partial charge in [0, 0.05) is 18.8 Å². The van der Waals surface area contributed by atoms with Crippen LogP contribution >= 0.6 is 12.2 Å². The number of ether oxygens (including phenoxy) is 1. The van der Waals surface area contributed by atoms with E-state index in [1.807, 2.05) is 50.8 Å². The minimum absolute atomic E-state index is 0.0264. The minimum Gasteiger partial charge on any atom is -0.496 e. The fourth-order valence-corrected chi connectivity index (χ4v) is 3.26. The molecule has 5 nitrogen and oxygen atoms in total. The largest absolute Gasteiger partial charge is 0.496 e. The molecule has 1 aromatic rings. The van der Waals surface area contributed by atoms with E-state index in [1.54, 1.807) is 7.11 Å². The Morgan fingerprint density at radius 2 is 1.96 bits per heavy atom. The van der Waals surface area contributed by atoms with Crippen molar-refractivity contribution in [2.24, 2.45) is 0 Å². The van der Waals surface area contributed by atoms with Crippen molar-refractivity contribution in [2.75, 3.05) is 20.2 Å². The van der Waals surface area contributed by atoms with Gasteiger partial charge in [-0.25, -0.2) is 0 Å². The molecule has 1 aliphatic rings. The molecule has 0 aliphatic carbocycles. The van der Waals surface area contributed by atoms with Crippen LogP contribution in [0.1, 0.15) is 37.9 Å². The molecule has 130 valence electrons. The fourth-order valence-electron chi connectivity index (χ4n) is 2.99. The number of hydrogen-bond donors (Lipinski definition) is 2. The van der Waals surface area contributed by atoms with Crippen LogP contribution in [-0.4, -0.2) is 36.1 Å². The van der Waals surface area contributed by atoms with Gasteiger partial charge >= 0.3 is 0 Å². The lowest BCUT2D eigenvalue weighted by atomic mass is 9.93. The monoisotopic (exact) mass is 347 g/mol. The van der Waals surface area contributed by atoms with Gasteiger partial charge in [-0.2, -0.15) is 0 Å². The first-order valence-electron chi connectivity index (χ1n) is 8.14. The van der Waals surface area contributed by atoms with Gasteiger partial charge in [0.15, 0.2) is 5.11 Å². The van der Waals surface area contributed by atoms with Crippen molar-refractivity contribution in [3.05, 3.63) is 40.6 Å². The fraction of sp³-hybridized carbons (Fsp3) is 0.444. The third-order valence-corrected chi connectivity index (χ3v) is 4.52. The van der Waals surface area contributed by atoms with E-state index in [-0.39, 0.29) is 11.9 Å². The number of methoxy groups -OCH3 is 1. The Morgan fingerprint density at radius 3 is 2.50 bits per heavy atom. The highest BCUT2D eigenvalue weighted by Crippen LogP contribution is 2.31. The minimum atomic E-state index is -0.267. The summed E-state index contributed by atoms with van der Waals surface area (Å²) >= 11 is 5.30. The lowest BCUT2D eigenvalue weighted by Gasteiger charge is -2.33. The van der Waals surface area contributed by atoms with Crippen LogP contribution in [0.15, 0.2) is 29.5 Å². The smallest absolute Gasteiger partial charge is 0.253 e. The maximum absolute atomic E-state index is 13.0. The zero-order valence-corrected chi connectivity index (χ0v) is 15.7. The van der Waals surface area contributed by atoms with Crippen LogP contribution in [-0.2, 0) is 4.79 Å². The maximum Gasteiger partial charge on any atom is 0.253 e. The SMILES string of the molecule is CCN(CC)C(=O)C1=C(C)NC(=S)NC1c1ccc(OC)c(C)c1. The Bertz CT molecular complexity index is 681. The van der Waals surface area contributed by atoms with E-state index in [2.05, 4.69) is 10.6 Å². The Morgan fingerprint density at radius 1 is 1.29 bits per heavy atom. The standard InChI is InChI=1S/C18H25N3O2S/c1-6-21(7-2)17(22)15-12(4)19-18(24)20-16(15)13-8-9-14(23-5)11(3)10-13/h8-10,16H,6-7H2,1-5H3,(H2,19,20,24). The summed E-state index contributed by atoms with van der Waals surface area (Å²) in [6.45, 7) is 9.20. The number of nitrogens with one attached hydrogen (secondary N) is 2. The van der Waals surface area contributed by atoms with E-state index in [1.165, 1.54) is 0 Å². The summed E-state index contributed by atoms with van der Waals surface area (Å²) in [5.74, 6) is 0.853. The molecule has 1 unspecified atom stereocenters. The summed E-state index contributed by atoms with van der Waals surface area (Å²) in [4.78, 5) is 14.8. The van der Waals surface area contributed by atoms with Crippen molar-refractivity contribution in [3.8, 4) is 5.75 Å². The summed E-state index contributed by atoms with van der Waals surface area (Å²) in [6, 6.07) is 5.66. The Labute approximate surface area is 149 Å². The molecule has 2 rings (SSSR count). The number of allylic oxidation sites excluding steroid dienone is 1. The number of carbonyl (C=O) groups excluding carboxylic acids is 1. The van der Waals surface area contributed by atoms with Gasteiger partial charge in [0.2, 0.25) is 0 Å². The molecule has 1 heterocycles. The zero-order valence-electron chi connectivity index (χ0n) is 14.9. The summed E-state index contributed by atoms with van der Waals surface area (Å²) < 4.78 is 5.33. The van der Waals surface area contributed by atoms with Gasteiger partial charge in [0.25, 0.3) is 5.91 Å². The summed E-state index contributed by atoms with van der Waals surface area (Å²) in [7, 11) is 1.65. The number of hydrogen-bond acceptors (Lipinski definition) is 3. The maximum atomic E-state index is 13.0. The second kappa shape index (κ2) is 7.66. The van der Waals surface area contributed by atoms with E-state index in [0.29, 0.717) is 23.8 Å². The second-order valence-corrected chi connectivity index (χ2v) is 6.18. The normalized spacial score (nSPS) is 17.2. The number of aryl methyl sites for hydroxylation is 1. The highest BCUT2D eigenvalue weighted by atomic mass is 32.1. The number of likely N-dealkylation sites (N-methyl/N-ethyl adjacent to an activating group) is 1. The van der Waals surface area contributed by atoms with Crippen LogP contribution in [0.25, 0.3) is 0 Å². The number of benzene rings is 1. The van der Waals surface area contributed by atoms with Gasteiger partial charge < -0.3 is 20.3 Å². The molecule has 0 fully saturated rings. The molecule has 0 spiro atoms. The number of amides is 1. The molecule has 0 aromatic heterocycles. The quantitative estimate of drug-likeness (QED) is 0.802. The molecule has 0 saturated carbocycles. The molecule has 6 heteroatoms. The zero-order chi connectivity index (χ0) is 17.9. The van der Waals surface area contributed by atoms with Crippen molar-refractivity contribution < 1.29 is 9.53 Å². The van der Waals surface area contributed by atoms with Crippen molar-refractivity contribution in [1.29, 1.82) is 0 Å². The van der Waals surface area contributed by atoms with Crippen LogP contribution in [0.2, 0.25) is 0 Å². The van der Waals surface area contributed by atoms with Gasteiger partial charge in [-0.3, -0.25) is 4.79 Å². The Kier molecular flexibility index (Phi) is 5.83. The van der Waals surface area contributed by atoms with E-state index in [9.17, 15) is 4.79 Å². The Hall–Kier alpha value is -2.08. The van der Waals surface area contributed by atoms with Gasteiger partial charge in [-0.05, 0) is 63.2 Å². The number of rotatable bonds is 5. The topological polar surface area (TPSA) is 53.6 Å². The molecular formula is C18H25N3O2S. The van der Waals surface area contributed by atoms with Gasteiger partial charge in [-0.15, -0.1) is 0 Å². The third kappa shape index (κ3) is 3.53. The van der Waals surface area contributed by atoms with Gasteiger partial charge in [0.1, 0.15) is 5.75 Å². The molecule has 1 aromatic carbocycles. The van der Waals surface area contributed by atoms with Crippen LogP contribution in [0.4, 0.5) is 0 Å². The second-order valence-electron chi connectivity index (χ2n) is 5.78. The van der Waals surface area contributed by atoms with E-state index >= 15 is 0 Å². The van der Waals surface area contributed by atoms with E-state index in [4.69, 9.17) is 17.0 Å². The molecule has 2 N–H and O–H groups in total. The Balaban J connectivity index is 2.48. The van der Waals surface area contributed by atoms with E-state index < -0.39 is 0 Å². The van der Waals surface area contributed by atoms with Crippen LogP contribution in [0, 0.1) is 6.92 Å². The summed E-state index contributed by atoms with van der Waals surface area (Å²) in [5, 5.41) is 6.84. The first-order valence-corrected chi connectivity index (χ1v) is 8.55. The molecule has 1 atom stereocenters. The van der Waals surface area contributed by atoms with Gasteiger partial charge in [-0.1, -0.05) is 6.07 Å². The summed E-state index contributed by atoms with van der Waals surface area (Å²) in [5.41, 5.74) is 3.52. The molecule has 1 aliphatic heterocycles. The van der Waals surface area contributed by atoms with Crippen molar-refractivity contribution in [3.63, 3.8) is 0 Å². The summed E-state index contributed by atoms with van der Waals surface area (Å²) in [6.07, 6.45) is 0. The molecule has 0 bridgehead atoms.